The first kappa shape index (κ1) is 38.5. The predicted octanol–water partition coefficient (Wildman–Crippen LogP) is 10.9. The average molecular weight is 804 g/mol. The van der Waals surface area contributed by atoms with E-state index in [2.05, 4.69) is 22.9 Å². The summed E-state index contributed by atoms with van der Waals surface area (Å²) in [6.07, 6.45) is 5.48. The third kappa shape index (κ3) is 7.81. The molecule has 5 aromatic rings. The monoisotopic (exact) mass is 802 g/mol. The molecule has 3 aliphatic rings. The molecular formula is C47H47BrO5S. The molecule has 0 radical (unpaired) electrons. The van der Waals surface area contributed by atoms with Crippen LogP contribution in [0.25, 0.3) is 0 Å². The van der Waals surface area contributed by atoms with E-state index in [0.29, 0.717) is 34.5 Å². The zero-order valence-electron chi connectivity index (χ0n) is 30.6. The lowest BCUT2D eigenvalue weighted by Crippen LogP contribution is -2.54. The number of allylic oxidation sites excluding steroid dienone is 2. The van der Waals surface area contributed by atoms with E-state index in [1.807, 2.05) is 146 Å². The van der Waals surface area contributed by atoms with Crippen LogP contribution >= 0.6 is 27.7 Å². The van der Waals surface area contributed by atoms with Gasteiger partial charge in [-0.2, -0.15) is 0 Å². The van der Waals surface area contributed by atoms with Gasteiger partial charge in [-0.05, 0) is 82.9 Å². The van der Waals surface area contributed by atoms with Crippen LogP contribution in [0, 0.1) is 0 Å². The molecule has 2 N–H and O–H groups in total. The molecule has 1 aliphatic heterocycles. The molecule has 7 heteroatoms. The van der Waals surface area contributed by atoms with Gasteiger partial charge in [0.1, 0.15) is 23.4 Å². The van der Waals surface area contributed by atoms with Crippen molar-refractivity contribution in [2.75, 3.05) is 0 Å². The highest BCUT2D eigenvalue weighted by molar-refractivity contribution is 9.10. The Balaban J connectivity index is 0.000000235. The van der Waals surface area contributed by atoms with Gasteiger partial charge in [0.15, 0.2) is 11.6 Å². The summed E-state index contributed by atoms with van der Waals surface area (Å²) in [5, 5.41) is 25.8. The van der Waals surface area contributed by atoms with Gasteiger partial charge in [-0.15, -0.1) is 0 Å². The van der Waals surface area contributed by atoms with Crippen molar-refractivity contribution < 1.29 is 24.5 Å². The Kier molecular flexibility index (Phi) is 12.0. The summed E-state index contributed by atoms with van der Waals surface area (Å²) >= 11 is 5.10. The van der Waals surface area contributed by atoms with Crippen molar-refractivity contribution >= 4 is 33.5 Å². The lowest BCUT2D eigenvalue weighted by Gasteiger charge is -2.42. The molecule has 0 aromatic heterocycles. The third-order valence-electron chi connectivity index (χ3n) is 10.9. The van der Waals surface area contributed by atoms with Crippen LogP contribution in [-0.4, -0.2) is 34.0 Å². The molecule has 0 amide bonds. The van der Waals surface area contributed by atoms with E-state index in [1.165, 1.54) is 5.57 Å². The van der Waals surface area contributed by atoms with Crippen molar-refractivity contribution in [1.29, 1.82) is 0 Å². The number of carbonyl (C=O) groups is 1. The van der Waals surface area contributed by atoms with Crippen molar-refractivity contribution in [3.8, 4) is 0 Å². The zero-order chi connectivity index (χ0) is 37.6. The number of hydrogen-bond acceptors (Lipinski definition) is 6. The second-order valence-electron chi connectivity index (χ2n) is 14.5. The molecule has 5 nitrogen and oxygen atoms in total. The molecule has 1 spiro atoms. The Morgan fingerprint density at radius 1 is 0.593 bits per heavy atom. The fourth-order valence-electron chi connectivity index (χ4n) is 8.07. The van der Waals surface area contributed by atoms with Crippen molar-refractivity contribution in [3.63, 3.8) is 0 Å². The first-order valence-electron chi connectivity index (χ1n) is 18.9. The summed E-state index contributed by atoms with van der Waals surface area (Å²) in [5.74, 6) is -0.577. The number of aliphatic hydroxyl groups is 2. The van der Waals surface area contributed by atoms with Crippen LogP contribution in [-0.2, 0) is 25.5 Å². The minimum Gasteiger partial charge on any atom is -0.378 e. The number of carbonyl (C=O) groups excluding carboxylic acids is 1. The molecular weight excluding hydrogens is 756 g/mol. The molecule has 0 unspecified atom stereocenters. The van der Waals surface area contributed by atoms with Crippen LogP contribution in [0.15, 0.2) is 165 Å². The number of benzene rings is 5. The molecule has 2 aliphatic carbocycles. The van der Waals surface area contributed by atoms with Gasteiger partial charge < -0.3 is 19.7 Å². The maximum Gasteiger partial charge on any atom is 0.169 e. The van der Waals surface area contributed by atoms with Gasteiger partial charge in [0.25, 0.3) is 0 Å². The van der Waals surface area contributed by atoms with E-state index >= 15 is 0 Å². The highest BCUT2D eigenvalue weighted by atomic mass is 79.9. The zero-order valence-corrected chi connectivity index (χ0v) is 33.0. The minimum absolute atomic E-state index is 0.296. The largest absolute Gasteiger partial charge is 0.378 e. The Labute approximate surface area is 331 Å². The van der Waals surface area contributed by atoms with Gasteiger partial charge in [-0.25, -0.2) is 0 Å². The van der Waals surface area contributed by atoms with Gasteiger partial charge >= 0.3 is 0 Å². The van der Waals surface area contributed by atoms with Crippen LogP contribution in [0.2, 0.25) is 0 Å². The van der Waals surface area contributed by atoms with Crippen molar-refractivity contribution in [2.24, 2.45) is 0 Å². The van der Waals surface area contributed by atoms with Crippen LogP contribution in [0.1, 0.15) is 80.5 Å². The fraction of sp³-hybridized carbons (Fsp3) is 0.298. The Bertz CT molecular complexity index is 1850. The fourth-order valence-corrected chi connectivity index (χ4v) is 9.62. The average Bonchev–Trinajstić information content (AvgIpc) is 3.60. The van der Waals surface area contributed by atoms with E-state index in [4.69, 9.17) is 9.47 Å². The maximum absolute atomic E-state index is 12.9. The summed E-state index contributed by atoms with van der Waals surface area (Å²) in [4.78, 5) is 13.9. The first-order chi connectivity index (χ1) is 26.2. The van der Waals surface area contributed by atoms with Crippen LogP contribution in [0.4, 0.5) is 0 Å². The van der Waals surface area contributed by atoms with Crippen molar-refractivity contribution in [3.05, 3.63) is 183 Å². The highest BCUT2D eigenvalue weighted by Crippen LogP contribution is 2.53. The van der Waals surface area contributed by atoms with Gasteiger partial charge in [0, 0.05) is 28.6 Å². The first-order valence-corrected chi connectivity index (χ1v) is 20.5. The van der Waals surface area contributed by atoms with E-state index < -0.39 is 29.2 Å². The van der Waals surface area contributed by atoms with Crippen molar-refractivity contribution in [1.82, 2.24) is 0 Å². The second kappa shape index (κ2) is 16.9. The number of halogens is 1. The van der Waals surface area contributed by atoms with Crippen LogP contribution in [0.5, 0.6) is 0 Å². The molecule has 1 saturated heterocycles. The van der Waals surface area contributed by atoms with Gasteiger partial charge in [-0.3, -0.25) is 4.79 Å². The summed E-state index contributed by atoms with van der Waals surface area (Å²) in [6.45, 7) is 2.07. The van der Waals surface area contributed by atoms with Crippen LogP contribution < -0.4 is 0 Å². The van der Waals surface area contributed by atoms with E-state index in [0.717, 1.165) is 59.2 Å². The Morgan fingerprint density at radius 3 is 1.41 bits per heavy atom. The number of ketones is 1. The topological polar surface area (TPSA) is 76.0 Å². The number of hydrogen-bond donors (Lipinski definition) is 2. The van der Waals surface area contributed by atoms with Gasteiger partial charge in [0.05, 0.1) is 4.91 Å². The number of ether oxygens (including phenoxy) is 2. The molecule has 5 aromatic carbocycles. The molecule has 278 valence electrons. The summed E-state index contributed by atoms with van der Waals surface area (Å²) in [6, 6.07) is 46.5. The van der Waals surface area contributed by atoms with Gasteiger partial charge in [0.2, 0.25) is 0 Å². The maximum atomic E-state index is 12.9. The SMILES string of the molecule is CC1=C(Sc2ccccc2Br)C(=O)CCC1.OC(c1ccccc1)(c1ccccc1)[C@@H]1OC2(CCCCC2)O[C@H]1C(O)(c1ccccc1)c1ccccc1. The normalized spacial score (nSPS) is 20.0. The molecule has 2 fully saturated rings. The number of rotatable bonds is 8. The van der Waals surface area contributed by atoms with Crippen molar-refractivity contribution in [2.45, 2.75) is 92.4 Å². The van der Waals surface area contributed by atoms with E-state index in [1.54, 1.807) is 11.8 Å². The Morgan fingerprint density at radius 2 is 1.00 bits per heavy atom. The summed E-state index contributed by atoms with van der Waals surface area (Å²) < 4.78 is 14.9. The summed E-state index contributed by atoms with van der Waals surface area (Å²) in [5.41, 5.74) is 0.860. The quantitative estimate of drug-likeness (QED) is 0.163. The minimum atomic E-state index is -1.58. The lowest BCUT2D eigenvalue weighted by molar-refractivity contribution is -0.213. The predicted molar refractivity (Wildman–Crippen MR) is 219 cm³/mol. The van der Waals surface area contributed by atoms with E-state index in [9.17, 15) is 15.0 Å². The Hall–Kier alpha value is -3.82. The molecule has 1 heterocycles. The third-order valence-corrected chi connectivity index (χ3v) is 13.2. The summed E-state index contributed by atoms with van der Waals surface area (Å²) in [7, 11) is 0. The molecule has 0 bridgehead atoms. The highest BCUT2D eigenvalue weighted by Gasteiger charge is 2.63. The smallest absolute Gasteiger partial charge is 0.169 e. The van der Waals surface area contributed by atoms with E-state index in [-0.39, 0.29) is 0 Å². The molecule has 2 atom stereocenters. The van der Waals surface area contributed by atoms with Crippen LogP contribution in [0.3, 0.4) is 0 Å². The lowest BCUT2D eigenvalue weighted by atomic mass is 9.72. The standard InChI is InChI=1S/C34H34O4.C13H13BrOS/c35-33(26-16-6-1-7-17-26,27-18-8-2-9-19-27)30-31(38-32(37-30)24-14-5-15-25-32)34(36,28-20-10-3-11-21-28)29-22-12-4-13-23-29;1-9-5-4-7-11(15)13(9)16-12-8-3-2-6-10(12)14/h1-4,6-13,16-23,30-31,35-36H,5,14-15,24-25H2;2-3,6,8H,4-5,7H2,1H3/t30-,31-;/m1./s1. The number of Topliss-reactive ketones (excluding diaryl/α,β-unsaturated/α-hetero) is 1. The van der Waals surface area contributed by atoms with Gasteiger partial charge in [-0.1, -0.05) is 157 Å². The molecule has 8 rings (SSSR count). The second-order valence-corrected chi connectivity index (χ2v) is 16.4. The molecule has 1 saturated carbocycles. The molecule has 54 heavy (non-hydrogen) atoms. The number of thioether (sulfide) groups is 1.